The minimum absolute atomic E-state index is 0.213. The van der Waals surface area contributed by atoms with Crippen molar-refractivity contribution >= 4 is 15.4 Å². The zero-order chi connectivity index (χ0) is 17.3. The minimum Gasteiger partial charge on any atom is -0.244 e. The van der Waals surface area contributed by atoms with Gasteiger partial charge in [0, 0.05) is 16.6 Å². The standard InChI is InChI=1S/C22H21NOS/c1-17-11-13-20(14-12-17)25(24)16-19(15-18-7-3-2-4-8-18)21-9-5-6-10-22(21)23-25/h2-14,19H,15-16H2,1H3/t19-,25?/m1/s1. The highest BCUT2D eigenvalue weighted by molar-refractivity contribution is 7.93. The molecule has 2 atom stereocenters. The first kappa shape index (κ1) is 16.1. The molecule has 1 aliphatic rings. The van der Waals surface area contributed by atoms with E-state index in [2.05, 4.69) is 30.3 Å². The Hall–Kier alpha value is -2.39. The summed E-state index contributed by atoms with van der Waals surface area (Å²) in [6.45, 7) is 2.04. The molecule has 0 fully saturated rings. The van der Waals surface area contributed by atoms with Crippen LogP contribution in [0.1, 0.15) is 22.6 Å². The lowest BCUT2D eigenvalue weighted by Gasteiger charge is -2.26. The van der Waals surface area contributed by atoms with Crippen molar-refractivity contribution in [1.29, 1.82) is 0 Å². The number of rotatable bonds is 3. The Morgan fingerprint density at radius 2 is 1.60 bits per heavy atom. The summed E-state index contributed by atoms with van der Waals surface area (Å²) < 4.78 is 18.4. The molecule has 3 aromatic carbocycles. The van der Waals surface area contributed by atoms with E-state index in [0.717, 1.165) is 17.0 Å². The minimum atomic E-state index is -2.44. The first-order valence-electron chi connectivity index (χ1n) is 8.58. The second-order valence-corrected chi connectivity index (χ2v) is 8.93. The predicted octanol–water partition coefficient (Wildman–Crippen LogP) is 5.49. The molecule has 25 heavy (non-hydrogen) atoms. The Kier molecular flexibility index (Phi) is 4.18. The maximum Gasteiger partial charge on any atom is 0.0806 e. The molecule has 1 unspecified atom stereocenters. The Balaban J connectivity index is 1.79. The van der Waals surface area contributed by atoms with Gasteiger partial charge in [0.2, 0.25) is 0 Å². The lowest BCUT2D eigenvalue weighted by Crippen LogP contribution is -2.20. The summed E-state index contributed by atoms with van der Waals surface area (Å²) in [5, 5.41) is 0. The van der Waals surface area contributed by atoms with Gasteiger partial charge in [0.25, 0.3) is 0 Å². The highest BCUT2D eigenvalue weighted by Gasteiger charge is 2.28. The molecule has 1 aliphatic heterocycles. The van der Waals surface area contributed by atoms with Gasteiger partial charge in [-0.1, -0.05) is 66.2 Å². The Bertz CT molecular complexity index is 1000. The lowest BCUT2D eigenvalue weighted by molar-refractivity contribution is 0.660. The van der Waals surface area contributed by atoms with Gasteiger partial charge in [0.05, 0.1) is 15.4 Å². The smallest absolute Gasteiger partial charge is 0.0806 e. The van der Waals surface area contributed by atoms with Crippen molar-refractivity contribution in [2.45, 2.75) is 24.2 Å². The maximum absolute atomic E-state index is 13.7. The van der Waals surface area contributed by atoms with E-state index in [9.17, 15) is 4.21 Å². The lowest BCUT2D eigenvalue weighted by atomic mass is 9.92. The number of aryl methyl sites for hydroxylation is 1. The fourth-order valence-corrected chi connectivity index (χ4v) is 5.70. The molecule has 0 spiro atoms. The van der Waals surface area contributed by atoms with Crippen molar-refractivity contribution < 1.29 is 4.21 Å². The van der Waals surface area contributed by atoms with Gasteiger partial charge in [0.15, 0.2) is 0 Å². The van der Waals surface area contributed by atoms with Gasteiger partial charge in [0.1, 0.15) is 0 Å². The quantitative estimate of drug-likeness (QED) is 0.616. The molecule has 0 aliphatic carbocycles. The summed E-state index contributed by atoms with van der Waals surface area (Å²) in [7, 11) is -2.44. The van der Waals surface area contributed by atoms with Crippen LogP contribution in [0.15, 0.2) is 88.1 Å². The molecule has 0 radical (unpaired) electrons. The van der Waals surface area contributed by atoms with Crippen molar-refractivity contribution in [3.8, 4) is 0 Å². The van der Waals surface area contributed by atoms with Crippen molar-refractivity contribution in [2.24, 2.45) is 4.36 Å². The molecule has 3 aromatic rings. The molecular weight excluding hydrogens is 326 g/mol. The summed E-state index contributed by atoms with van der Waals surface area (Å²) in [5.74, 6) is 0.784. The SMILES string of the molecule is Cc1ccc(S2(=O)=Nc3ccccc3[C@H](Cc3ccccc3)C2)cc1. The molecule has 0 aromatic heterocycles. The van der Waals surface area contributed by atoms with Gasteiger partial charge in [-0.2, -0.15) is 4.36 Å². The van der Waals surface area contributed by atoms with E-state index in [1.807, 2.05) is 55.5 Å². The second kappa shape index (κ2) is 6.49. The van der Waals surface area contributed by atoms with Crippen LogP contribution in [0.4, 0.5) is 5.69 Å². The molecule has 1 heterocycles. The summed E-state index contributed by atoms with van der Waals surface area (Å²) in [4.78, 5) is 0.839. The van der Waals surface area contributed by atoms with E-state index in [1.54, 1.807) is 0 Å². The number of nitrogens with zero attached hydrogens (tertiary/aromatic N) is 1. The normalized spacial score (nSPS) is 22.0. The molecule has 0 saturated carbocycles. The highest BCUT2D eigenvalue weighted by Crippen LogP contribution is 2.38. The zero-order valence-corrected chi connectivity index (χ0v) is 15.1. The molecule has 2 nitrogen and oxygen atoms in total. The van der Waals surface area contributed by atoms with Crippen LogP contribution >= 0.6 is 0 Å². The molecule has 4 rings (SSSR count). The van der Waals surface area contributed by atoms with Crippen LogP contribution in [0, 0.1) is 6.92 Å². The van der Waals surface area contributed by atoms with Crippen LogP contribution in [0.3, 0.4) is 0 Å². The topological polar surface area (TPSA) is 29.4 Å². The summed E-state index contributed by atoms with van der Waals surface area (Å²) >= 11 is 0. The Labute approximate surface area is 149 Å². The fraction of sp³-hybridized carbons (Fsp3) is 0.182. The first-order valence-corrected chi connectivity index (χ1v) is 10.3. The van der Waals surface area contributed by atoms with E-state index < -0.39 is 9.73 Å². The van der Waals surface area contributed by atoms with E-state index in [-0.39, 0.29) is 5.92 Å². The molecule has 0 saturated heterocycles. The molecule has 3 heteroatoms. The van der Waals surface area contributed by atoms with Crippen LogP contribution in [0.2, 0.25) is 0 Å². The second-order valence-electron chi connectivity index (χ2n) is 6.66. The van der Waals surface area contributed by atoms with E-state index >= 15 is 0 Å². The van der Waals surface area contributed by atoms with Gasteiger partial charge in [-0.15, -0.1) is 0 Å². The first-order chi connectivity index (χ1) is 12.1. The third-order valence-corrected chi connectivity index (χ3v) is 7.12. The maximum atomic E-state index is 13.7. The summed E-state index contributed by atoms with van der Waals surface area (Å²) in [5.41, 5.74) is 4.52. The number of fused-ring (bicyclic) bond motifs is 1. The zero-order valence-electron chi connectivity index (χ0n) is 14.3. The van der Waals surface area contributed by atoms with Crippen molar-refractivity contribution in [1.82, 2.24) is 0 Å². The van der Waals surface area contributed by atoms with Crippen LogP contribution in [0.5, 0.6) is 0 Å². The average Bonchev–Trinajstić information content (AvgIpc) is 2.63. The molecule has 0 N–H and O–H groups in total. The fourth-order valence-electron chi connectivity index (χ4n) is 3.44. The van der Waals surface area contributed by atoms with Crippen LogP contribution in [-0.4, -0.2) is 9.96 Å². The Morgan fingerprint density at radius 3 is 2.36 bits per heavy atom. The van der Waals surface area contributed by atoms with Crippen LogP contribution in [-0.2, 0) is 16.1 Å². The number of hydrogen-bond acceptors (Lipinski definition) is 2. The summed E-state index contributed by atoms with van der Waals surface area (Å²) in [6, 6.07) is 26.5. The van der Waals surface area contributed by atoms with Crippen molar-refractivity contribution in [3.63, 3.8) is 0 Å². The third kappa shape index (κ3) is 3.24. The van der Waals surface area contributed by atoms with Gasteiger partial charge >= 0.3 is 0 Å². The van der Waals surface area contributed by atoms with Gasteiger partial charge in [-0.3, -0.25) is 0 Å². The molecular formula is C22H21NOS. The average molecular weight is 347 g/mol. The third-order valence-electron chi connectivity index (χ3n) is 4.76. The largest absolute Gasteiger partial charge is 0.244 e. The van der Waals surface area contributed by atoms with Crippen LogP contribution < -0.4 is 0 Å². The van der Waals surface area contributed by atoms with E-state index in [1.165, 1.54) is 16.7 Å². The van der Waals surface area contributed by atoms with Crippen LogP contribution in [0.25, 0.3) is 0 Å². The summed E-state index contributed by atoms with van der Waals surface area (Å²) in [6.07, 6.45) is 0.885. The van der Waals surface area contributed by atoms with E-state index in [4.69, 9.17) is 4.36 Å². The molecule has 0 amide bonds. The van der Waals surface area contributed by atoms with Gasteiger partial charge < -0.3 is 0 Å². The molecule has 0 bridgehead atoms. The predicted molar refractivity (Wildman–Crippen MR) is 104 cm³/mol. The van der Waals surface area contributed by atoms with Gasteiger partial charge in [-0.05, 0) is 42.7 Å². The Morgan fingerprint density at radius 1 is 0.920 bits per heavy atom. The number of benzene rings is 3. The monoisotopic (exact) mass is 347 g/mol. The van der Waals surface area contributed by atoms with Gasteiger partial charge in [-0.25, -0.2) is 4.21 Å². The highest BCUT2D eigenvalue weighted by atomic mass is 32.2. The van der Waals surface area contributed by atoms with Crippen molar-refractivity contribution in [2.75, 3.05) is 5.75 Å². The molecule has 126 valence electrons. The number of hydrogen-bond donors (Lipinski definition) is 0. The van der Waals surface area contributed by atoms with E-state index in [0.29, 0.717) is 5.75 Å². The van der Waals surface area contributed by atoms with Crippen molar-refractivity contribution in [3.05, 3.63) is 95.6 Å².